The number of carbonyl (C=O) groups is 1. The number of phenolic OH excluding ortho intramolecular Hbond substituents is 1. The fourth-order valence-corrected chi connectivity index (χ4v) is 4.50. The Kier molecular flexibility index (Phi) is 7.55. The van der Waals surface area contributed by atoms with Crippen LogP contribution in [0.3, 0.4) is 0 Å². The molecule has 1 unspecified atom stereocenters. The molecule has 4 rings (SSSR count). The van der Waals surface area contributed by atoms with Gasteiger partial charge in [0.2, 0.25) is 0 Å². The van der Waals surface area contributed by atoms with Crippen LogP contribution in [0.4, 0.5) is 17.3 Å². The van der Waals surface area contributed by atoms with Crippen LogP contribution in [-0.2, 0) is 6.54 Å². The average Bonchev–Trinajstić information content (AvgIpc) is 3.30. The fourth-order valence-electron chi connectivity index (χ4n) is 4.03. The Bertz CT molecular complexity index is 1300. The Morgan fingerprint density at radius 3 is 2.25 bits per heavy atom. The van der Waals surface area contributed by atoms with Gasteiger partial charge in [-0.1, -0.05) is 87.5 Å². The Hall–Kier alpha value is -3.91. The van der Waals surface area contributed by atoms with Crippen LogP contribution in [0.1, 0.15) is 48.3 Å². The molecule has 3 aromatic carbocycles. The van der Waals surface area contributed by atoms with Crippen molar-refractivity contribution in [1.82, 2.24) is 13.6 Å². The number of phenols is 1. The zero-order valence-electron chi connectivity index (χ0n) is 20.9. The van der Waals surface area contributed by atoms with E-state index in [1.165, 1.54) is 0 Å². The molecule has 1 heterocycles. The molecule has 7 nitrogen and oxygen atoms in total. The minimum atomic E-state index is -0.272. The van der Waals surface area contributed by atoms with Crippen LogP contribution in [0.25, 0.3) is 0 Å². The van der Waals surface area contributed by atoms with Crippen molar-refractivity contribution in [2.45, 2.75) is 33.4 Å². The van der Waals surface area contributed by atoms with Crippen LogP contribution in [0.2, 0.25) is 0 Å². The Morgan fingerprint density at radius 1 is 0.944 bits per heavy atom. The minimum Gasteiger partial charge on any atom is -0.505 e. The molecule has 0 saturated carbocycles. The molecule has 3 N–H and O–H groups in total. The number of aromatic hydroxyl groups is 1. The second-order valence-electron chi connectivity index (χ2n) is 9.79. The third-order valence-corrected chi connectivity index (χ3v) is 6.43. The number of anilines is 3. The molecular weight excluding hydrogens is 470 g/mol. The van der Waals surface area contributed by atoms with Crippen molar-refractivity contribution < 1.29 is 9.90 Å². The molecule has 0 bridgehead atoms. The Balaban J connectivity index is 1.55. The highest BCUT2D eigenvalue weighted by molar-refractivity contribution is 6.99. The quantitative estimate of drug-likeness (QED) is 0.240. The van der Waals surface area contributed by atoms with Gasteiger partial charge in [0.1, 0.15) is 0 Å². The fraction of sp³-hybridized carbons (Fsp3) is 0.250. The van der Waals surface area contributed by atoms with Gasteiger partial charge in [0.25, 0.3) is 5.91 Å². The van der Waals surface area contributed by atoms with Gasteiger partial charge in [-0.2, -0.15) is 8.75 Å². The zero-order chi connectivity index (χ0) is 25.7. The van der Waals surface area contributed by atoms with Crippen LogP contribution in [0, 0.1) is 5.41 Å². The Labute approximate surface area is 216 Å². The van der Waals surface area contributed by atoms with Crippen LogP contribution in [0.15, 0.2) is 78.9 Å². The van der Waals surface area contributed by atoms with Crippen LogP contribution in [0.5, 0.6) is 5.75 Å². The normalized spacial score (nSPS) is 12.1. The van der Waals surface area contributed by atoms with Crippen molar-refractivity contribution in [2.75, 3.05) is 17.7 Å². The van der Waals surface area contributed by atoms with Crippen LogP contribution >= 0.6 is 11.7 Å². The number of amides is 1. The second kappa shape index (κ2) is 10.8. The van der Waals surface area contributed by atoms with E-state index in [1.54, 1.807) is 30.1 Å². The molecule has 8 heteroatoms. The second-order valence-corrected chi connectivity index (χ2v) is 10.3. The van der Waals surface area contributed by atoms with Gasteiger partial charge in [0.15, 0.2) is 17.4 Å². The highest BCUT2D eigenvalue weighted by atomic mass is 32.1. The summed E-state index contributed by atoms with van der Waals surface area (Å²) in [4.78, 5) is 14.7. The maximum atomic E-state index is 13.1. The molecule has 186 valence electrons. The summed E-state index contributed by atoms with van der Waals surface area (Å²) in [5.74, 6) is 0.673. The SMILES string of the molecule is CN(Cc1ccccc1)C(=O)c1cccc(Nc2nsnc2NC(c2ccccc2)C(C)(C)C)c1O. The molecule has 0 aliphatic rings. The van der Waals surface area contributed by atoms with Crippen molar-refractivity contribution in [1.29, 1.82) is 0 Å². The number of hydrogen-bond donors (Lipinski definition) is 3. The van der Waals surface area contributed by atoms with E-state index >= 15 is 0 Å². The van der Waals surface area contributed by atoms with E-state index < -0.39 is 0 Å². The smallest absolute Gasteiger partial charge is 0.257 e. The first kappa shape index (κ1) is 25.2. The number of carbonyl (C=O) groups excluding carboxylic acids is 1. The van der Waals surface area contributed by atoms with E-state index in [9.17, 15) is 9.90 Å². The first-order valence-electron chi connectivity index (χ1n) is 11.8. The lowest BCUT2D eigenvalue weighted by Gasteiger charge is -2.32. The van der Waals surface area contributed by atoms with Crippen molar-refractivity contribution in [3.8, 4) is 5.75 Å². The predicted molar refractivity (Wildman–Crippen MR) is 146 cm³/mol. The van der Waals surface area contributed by atoms with Gasteiger partial charge in [-0.15, -0.1) is 0 Å². The summed E-state index contributed by atoms with van der Waals surface area (Å²) in [6.07, 6.45) is 0. The predicted octanol–water partition coefficient (Wildman–Crippen LogP) is 6.46. The molecule has 4 aromatic rings. The van der Waals surface area contributed by atoms with E-state index in [0.29, 0.717) is 23.9 Å². The largest absolute Gasteiger partial charge is 0.505 e. The average molecular weight is 502 g/mol. The minimum absolute atomic E-state index is 0.0173. The number of nitrogens with zero attached hydrogens (tertiary/aromatic N) is 3. The summed E-state index contributed by atoms with van der Waals surface area (Å²) < 4.78 is 8.85. The Morgan fingerprint density at radius 2 is 1.58 bits per heavy atom. The molecule has 0 aliphatic heterocycles. The lowest BCUT2D eigenvalue weighted by molar-refractivity contribution is 0.0782. The third kappa shape index (κ3) is 5.83. The van der Waals surface area contributed by atoms with E-state index in [2.05, 4.69) is 52.3 Å². The number of hydrogen-bond acceptors (Lipinski definition) is 7. The summed E-state index contributed by atoms with van der Waals surface area (Å²) in [6, 6.07) is 25.0. The third-order valence-electron chi connectivity index (χ3n) is 5.90. The summed E-state index contributed by atoms with van der Waals surface area (Å²) in [7, 11) is 1.72. The van der Waals surface area contributed by atoms with Crippen molar-refractivity contribution in [3.63, 3.8) is 0 Å². The number of para-hydroxylation sites is 1. The van der Waals surface area contributed by atoms with Gasteiger partial charge in [-0.3, -0.25) is 4.79 Å². The lowest BCUT2D eigenvalue weighted by Crippen LogP contribution is -2.26. The summed E-state index contributed by atoms with van der Waals surface area (Å²) >= 11 is 1.07. The number of aromatic nitrogens is 2. The number of rotatable bonds is 8. The highest BCUT2D eigenvalue weighted by Gasteiger charge is 2.28. The number of benzene rings is 3. The summed E-state index contributed by atoms with van der Waals surface area (Å²) in [6.45, 7) is 6.93. The van der Waals surface area contributed by atoms with Gasteiger partial charge in [0, 0.05) is 13.6 Å². The molecule has 36 heavy (non-hydrogen) atoms. The van der Waals surface area contributed by atoms with Gasteiger partial charge in [-0.05, 0) is 28.7 Å². The molecule has 0 aliphatic carbocycles. The molecule has 0 saturated heterocycles. The maximum Gasteiger partial charge on any atom is 0.257 e. The van der Waals surface area contributed by atoms with Gasteiger partial charge in [-0.25, -0.2) is 0 Å². The van der Waals surface area contributed by atoms with Crippen molar-refractivity contribution >= 4 is 35.0 Å². The topological polar surface area (TPSA) is 90.4 Å². The van der Waals surface area contributed by atoms with Crippen LogP contribution < -0.4 is 10.6 Å². The molecule has 1 aromatic heterocycles. The molecule has 1 atom stereocenters. The maximum absolute atomic E-state index is 13.1. The zero-order valence-corrected chi connectivity index (χ0v) is 21.7. The standard InChI is InChI=1S/C28H31N5O2S/c1-28(2,3)24(20-14-9-6-10-15-20)30-26-25(31-36-32-26)29-22-17-11-16-21(23(22)34)27(35)33(4)18-19-12-7-5-8-13-19/h5-17,24,34H,18H2,1-4H3,(H,29,31)(H,30,32). The molecule has 1 amide bonds. The van der Waals surface area contributed by atoms with Crippen molar-refractivity contribution in [3.05, 3.63) is 95.6 Å². The molecular formula is C28H31N5O2S. The van der Waals surface area contributed by atoms with Crippen LogP contribution in [-0.4, -0.2) is 31.7 Å². The lowest BCUT2D eigenvalue weighted by atomic mass is 9.82. The van der Waals surface area contributed by atoms with E-state index in [4.69, 9.17) is 0 Å². The van der Waals surface area contributed by atoms with E-state index in [0.717, 1.165) is 22.9 Å². The van der Waals surface area contributed by atoms with Gasteiger partial charge in [0.05, 0.1) is 29.0 Å². The molecule has 0 fully saturated rings. The van der Waals surface area contributed by atoms with E-state index in [1.807, 2.05) is 48.5 Å². The first-order chi connectivity index (χ1) is 17.2. The van der Waals surface area contributed by atoms with Gasteiger partial charge < -0.3 is 20.6 Å². The summed E-state index contributed by atoms with van der Waals surface area (Å²) in [5, 5.41) is 17.7. The van der Waals surface area contributed by atoms with E-state index in [-0.39, 0.29) is 28.7 Å². The molecule has 0 radical (unpaired) electrons. The van der Waals surface area contributed by atoms with Crippen molar-refractivity contribution in [2.24, 2.45) is 5.41 Å². The highest BCUT2D eigenvalue weighted by Crippen LogP contribution is 2.38. The molecule has 0 spiro atoms. The summed E-state index contributed by atoms with van der Waals surface area (Å²) in [5.41, 5.74) is 2.66. The first-order valence-corrected chi connectivity index (χ1v) is 12.5. The van der Waals surface area contributed by atoms with Gasteiger partial charge >= 0.3 is 0 Å². The number of nitrogens with one attached hydrogen (secondary N) is 2. The monoisotopic (exact) mass is 501 g/mol.